The number of anilines is 1. The summed E-state index contributed by atoms with van der Waals surface area (Å²) in [5, 5.41) is 16.7. The van der Waals surface area contributed by atoms with Crippen molar-refractivity contribution in [3.63, 3.8) is 0 Å². The minimum Gasteiger partial charge on any atom is -0.363 e. The van der Waals surface area contributed by atoms with Crippen molar-refractivity contribution in [1.29, 1.82) is 0 Å². The molecule has 0 spiro atoms. The van der Waals surface area contributed by atoms with Gasteiger partial charge in [0, 0.05) is 13.0 Å². The molecule has 0 amide bonds. The van der Waals surface area contributed by atoms with Gasteiger partial charge in [-0.05, 0) is 25.9 Å². The molecule has 13 heavy (non-hydrogen) atoms. The quantitative estimate of drug-likeness (QED) is 0.745. The zero-order chi connectivity index (χ0) is 9.10. The zero-order valence-corrected chi connectivity index (χ0v) is 8.52. The second-order valence-corrected chi connectivity index (χ2v) is 4.23. The third-order valence-corrected chi connectivity index (χ3v) is 3.45. The van der Waals surface area contributed by atoms with Crippen molar-refractivity contribution >= 4 is 16.5 Å². The highest BCUT2D eigenvalue weighted by Crippen LogP contribution is 2.29. The molecule has 1 saturated heterocycles. The van der Waals surface area contributed by atoms with Gasteiger partial charge in [0.15, 0.2) is 0 Å². The Bertz CT molecular complexity index is 267. The Kier molecular flexibility index (Phi) is 2.75. The van der Waals surface area contributed by atoms with E-state index in [0.717, 1.165) is 18.2 Å². The van der Waals surface area contributed by atoms with Gasteiger partial charge in [0.1, 0.15) is 5.01 Å². The summed E-state index contributed by atoms with van der Waals surface area (Å²) in [7, 11) is 1.88. The van der Waals surface area contributed by atoms with Crippen molar-refractivity contribution in [2.75, 3.05) is 25.5 Å². The van der Waals surface area contributed by atoms with Crippen LogP contribution in [0.3, 0.4) is 0 Å². The van der Waals surface area contributed by atoms with Crippen LogP contribution in [-0.2, 0) is 0 Å². The van der Waals surface area contributed by atoms with Gasteiger partial charge >= 0.3 is 0 Å². The molecule has 0 bridgehead atoms. The Morgan fingerprint density at radius 2 is 2.15 bits per heavy atom. The van der Waals surface area contributed by atoms with Gasteiger partial charge in [-0.1, -0.05) is 11.3 Å². The molecule has 0 unspecified atom stereocenters. The lowest BCUT2D eigenvalue weighted by molar-refractivity contribution is 0.457. The van der Waals surface area contributed by atoms with E-state index >= 15 is 0 Å². The van der Waals surface area contributed by atoms with Crippen molar-refractivity contribution in [2.24, 2.45) is 0 Å². The Morgan fingerprint density at radius 3 is 2.77 bits per heavy atom. The average Bonchev–Trinajstić information content (AvgIpc) is 2.67. The molecule has 0 atom stereocenters. The molecule has 2 N–H and O–H groups in total. The van der Waals surface area contributed by atoms with Gasteiger partial charge in [0.2, 0.25) is 5.13 Å². The molecular formula is C8H14N4S. The van der Waals surface area contributed by atoms with Crippen LogP contribution < -0.4 is 10.6 Å². The van der Waals surface area contributed by atoms with E-state index in [1.165, 1.54) is 17.8 Å². The van der Waals surface area contributed by atoms with E-state index in [1.807, 2.05) is 7.05 Å². The number of rotatable bonds is 2. The molecule has 0 saturated carbocycles. The van der Waals surface area contributed by atoms with Gasteiger partial charge in [0.05, 0.1) is 0 Å². The summed E-state index contributed by atoms with van der Waals surface area (Å²) in [5.74, 6) is 0.626. The van der Waals surface area contributed by atoms with Crippen LogP contribution in [0.2, 0.25) is 0 Å². The van der Waals surface area contributed by atoms with Crippen LogP contribution >= 0.6 is 11.3 Å². The van der Waals surface area contributed by atoms with Crippen LogP contribution in [-0.4, -0.2) is 30.3 Å². The van der Waals surface area contributed by atoms with Crippen LogP contribution in [0.25, 0.3) is 0 Å². The second-order valence-electron chi connectivity index (χ2n) is 3.22. The van der Waals surface area contributed by atoms with E-state index < -0.39 is 0 Å². The van der Waals surface area contributed by atoms with E-state index in [4.69, 9.17) is 0 Å². The van der Waals surface area contributed by atoms with Gasteiger partial charge in [-0.15, -0.1) is 10.2 Å². The summed E-state index contributed by atoms with van der Waals surface area (Å²) in [5.41, 5.74) is 0. The lowest BCUT2D eigenvalue weighted by Crippen LogP contribution is -2.26. The van der Waals surface area contributed by atoms with Crippen LogP contribution in [0.15, 0.2) is 0 Å². The molecule has 2 heterocycles. The van der Waals surface area contributed by atoms with Gasteiger partial charge in [-0.2, -0.15) is 0 Å². The summed E-state index contributed by atoms with van der Waals surface area (Å²) in [6.45, 7) is 2.22. The highest BCUT2D eigenvalue weighted by molar-refractivity contribution is 7.15. The third kappa shape index (κ3) is 1.97. The predicted molar refractivity (Wildman–Crippen MR) is 54.3 cm³/mol. The molecular weight excluding hydrogens is 184 g/mol. The van der Waals surface area contributed by atoms with Gasteiger partial charge in [-0.25, -0.2) is 0 Å². The fraction of sp³-hybridized carbons (Fsp3) is 0.750. The van der Waals surface area contributed by atoms with Crippen LogP contribution in [0, 0.1) is 0 Å². The zero-order valence-electron chi connectivity index (χ0n) is 7.71. The van der Waals surface area contributed by atoms with Crippen LogP contribution in [0.5, 0.6) is 0 Å². The predicted octanol–water partition coefficient (Wildman–Crippen LogP) is 1.05. The summed E-state index contributed by atoms with van der Waals surface area (Å²) < 4.78 is 0. The van der Waals surface area contributed by atoms with E-state index in [9.17, 15) is 0 Å². The first-order valence-corrected chi connectivity index (χ1v) is 5.43. The Balaban J connectivity index is 2.05. The molecule has 0 aromatic carbocycles. The normalized spacial score (nSPS) is 18.8. The molecule has 1 aromatic rings. The second kappa shape index (κ2) is 4.02. The maximum Gasteiger partial charge on any atom is 0.205 e. The first-order chi connectivity index (χ1) is 6.40. The number of nitrogens with zero attached hydrogens (tertiary/aromatic N) is 2. The fourth-order valence-electron chi connectivity index (χ4n) is 1.57. The molecule has 0 radical (unpaired) electrons. The van der Waals surface area contributed by atoms with Crippen molar-refractivity contribution in [3.05, 3.63) is 5.01 Å². The van der Waals surface area contributed by atoms with Crippen LogP contribution in [0.4, 0.5) is 5.13 Å². The summed E-state index contributed by atoms with van der Waals surface area (Å²) in [6, 6.07) is 0. The Hall–Kier alpha value is -0.680. The number of aromatic nitrogens is 2. The van der Waals surface area contributed by atoms with Crippen molar-refractivity contribution in [2.45, 2.75) is 18.8 Å². The topological polar surface area (TPSA) is 49.8 Å². The number of piperidine rings is 1. The van der Waals surface area contributed by atoms with Gasteiger partial charge < -0.3 is 10.6 Å². The number of nitrogens with one attached hydrogen (secondary N) is 2. The average molecular weight is 198 g/mol. The molecule has 2 rings (SSSR count). The molecule has 5 heteroatoms. The highest BCUT2D eigenvalue weighted by atomic mass is 32.1. The van der Waals surface area contributed by atoms with E-state index in [2.05, 4.69) is 20.8 Å². The largest absolute Gasteiger partial charge is 0.363 e. The lowest BCUT2D eigenvalue weighted by Gasteiger charge is -2.19. The first kappa shape index (κ1) is 8.90. The monoisotopic (exact) mass is 198 g/mol. The SMILES string of the molecule is CNc1nnc(C2CCNCC2)s1. The molecule has 4 nitrogen and oxygen atoms in total. The number of hydrogen-bond acceptors (Lipinski definition) is 5. The lowest BCUT2D eigenvalue weighted by atomic mass is 9.99. The fourth-order valence-corrected chi connectivity index (χ4v) is 2.44. The maximum absolute atomic E-state index is 4.19. The standard InChI is InChI=1S/C8H14N4S/c1-9-8-12-11-7(13-8)6-2-4-10-5-3-6/h6,10H,2-5H2,1H3,(H,9,12). The molecule has 0 aliphatic carbocycles. The minimum atomic E-state index is 0.626. The first-order valence-electron chi connectivity index (χ1n) is 4.62. The molecule has 1 aromatic heterocycles. The molecule has 1 aliphatic heterocycles. The Labute approximate surface area is 81.8 Å². The number of hydrogen-bond donors (Lipinski definition) is 2. The Morgan fingerprint density at radius 1 is 1.38 bits per heavy atom. The van der Waals surface area contributed by atoms with E-state index in [-0.39, 0.29) is 0 Å². The molecule has 72 valence electrons. The smallest absolute Gasteiger partial charge is 0.205 e. The van der Waals surface area contributed by atoms with Gasteiger partial charge in [0.25, 0.3) is 0 Å². The third-order valence-electron chi connectivity index (χ3n) is 2.34. The van der Waals surface area contributed by atoms with E-state index in [0.29, 0.717) is 5.92 Å². The summed E-state index contributed by atoms with van der Waals surface area (Å²) in [4.78, 5) is 0. The van der Waals surface area contributed by atoms with Crippen LogP contribution in [0.1, 0.15) is 23.8 Å². The maximum atomic E-state index is 4.19. The molecule has 1 aliphatic rings. The summed E-state index contributed by atoms with van der Waals surface area (Å²) in [6.07, 6.45) is 2.39. The van der Waals surface area contributed by atoms with Crippen molar-refractivity contribution in [3.8, 4) is 0 Å². The van der Waals surface area contributed by atoms with Gasteiger partial charge in [-0.3, -0.25) is 0 Å². The minimum absolute atomic E-state index is 0.626. The summed E-state index contributed by atoms with van der Waals surface area (Å²) >= 11 is 1.68. The van der Waals surface area contributed by atoms with Crippen molar-refractivity contribution < 1.29 is 0 Å². The highest BCUT2D eigenvalue weighted by Gasteiger charge is 2.18. The van der Waals surface area contributed by atoms with E-state index in [1.54, 1.807) is 11.3 Å². The van der Waals surface area contributed by atoms with Crippen molar-refractivity contribution in [1.82, 2.24) is 15.5 Å². The molecule has 1 fully saturated rings.